The maximum atomic E-state index is 13.1. The van der Waals surface area contributed by atoms with Gasteiger partial charge in [0.2, 0.25) is 0 Å². The predicted octanol–water partition coefficient (Wildman–Crippen LogP) is 0.643. The van der Waals surface area contributed by atoms with Gasteiger partial charge in [-0.1, -0.05) is 11.3 Å². The molecule has 0 amide bonds. The van der Waals surface area contributed by atoms with Crippen molar-refractivity contribution in [2.24, 2.45) is 0 Å². The van der Waals surface area contributed by atoms with Gasteiger partial charge in [-0.05, 0) is 18.2 Å². The zero-order valence-electron chi connectivity index (χ0n) is 8.46. The van der Waals surface area contributed by atoms with Crippen molar-refractivity contribution in [1.82, 2.24) is 25.0 Å². The van der Waals surface area contributed by atoms with Crippen LogP contribution in [0.3, 0.4) is 0 Å². The first-order valence-electron chi connectivity index (χ1n) is 4.81. The van der Waals surface area contributed by atoms with E-state index in [-0.39, 0.29) is 11.1 Å². The molecule has 0 atom stereocenters. The molecule has 0 spiro atoms. The number of aromatic nitrogens is 5. The molecule has 17 heavy (non-hydrogen) atoms. The minimum atomic E-state index is -0.393. The summed E-state index contributed by atoms with van der Waals surface area (Å²) in [5.74, 6) is -0.393. The molecule has 0 aliphatic rings. The maximum absolute atomic E-state index is 13.1. The van der Waals surface area contributed by atoms with Crippen LogP contribution in [0.25, 0.3) is 16.9 Å². The van der Waals surface area contributed by atoms with E-state index in [4.69, 9.17) is 0 Å². The average Bonchev–Trinajstić information content (AvgIpc) is 2.74. The number of aromatic amines is 1. The first-order valence-corrected chi connectivity index (χ1v) is 4.81. The smallest absolute Gasteiger partial charge is 0.280 e. The van der Waals surface area contributed by atoms with Crippen LogP contribution < -0.4 is 5.56 Å². The first kappa shape index (κ1) is 9.64. The Morgan fingerprint density at radius 3 is 3.06 bits per heavy atom. The molecule has 0 saturated carbocycles. The van der Waals surface area contributed by atoms with Gasteiger partial charge < -0.3 is 4.98 Å². The van der Waals surface area contributed by atoms with Crippen molar-refractivity contribution in [3.05, 3.63) is 46.8 Å². The summed E-state index contributed by atoms with van der Waals surface area (Å²) in [5, 5.41) is 7.49. The molecular weight excluding hydrogens is 225 g/mol. The van der Waals surface area contributed by atoms with Crippen molar-refractivity contribution in [2.75, 3.05) is 0 Å². The van der Waals surface area contributed by atoms with Crippen LogP contribution in [0.2, 0.25) is 0 Å². The number of hydrogen-bond donors (Lipinski definition) is 1. The van der Waals surface area contributed by atoms with Crippen LogP contribution in [0.15, 0.2) is 35.4 Å². The highest BCUT2D eigenvalue weighted by Gasteiger charge is 2.10. The Morgan fingerprint density at radius 2 is 2.24 bits per heavy atom. The van der Waals surface area contributed by atoms with Crippen molar-refractivity contribution < 1.29 is 4.39 Å². The van der Waals surface area contributed by atoms with Crippen LogP contribution >= 0.6 is 0 Å². The summed E-state index contributed by atoms with van der Waals surface area (Å²) >= 11 is 0. The molecule has 0 fully saturated rings. The van der Waals surface area contributed by atoms with E-state index in [2.05, 4.69) is 20.3 Å². The van der Waals surface area contributed by atoms with Crippen molar-refractivity contribution >= 4 is 11.2 Å². The number of H-pyrrole nitrogens is 1. The highest BCUT2D eigenvalue weighted by atomic mass is 19.1. The van der Waals surface area contributed by atoms with Gasteiger partial charge in [0.1, 0.15) is 5.82 Å². The van der Waals surface area contributed by atoms with Gasteiger partial charge in [0.15, 0.2) is 11.2 Å². The Bertz CT molecular complexity index is 748. The molecule has 84 valence electrons. The fourth-order valence-corrected chi connectivity index (χ4v) is 1.54. The molecule has 3 aromatic rings. The summed E-state index contributed by atoms with van der Waals surface area (Å²) in [6.45, 7) is 0. The van der Waals surface area contributed by atoms with Crippen molar-refractivity contribution in [3.8, 4) is 5.69 Å². The fourth-order valence-electron chi connectivity index (χ4n) is 1.54. The third kappa shape index (κ3) is 1.48. The second-order valence-electron chi connectivity index (χ2n) is 3.38. The number of halogens is 1. The molecule has 0 aliphatic carbocycles. The minimum absolute atomic E-state index is 0.122. The van der Waals surface area contributed by atoms with Crippen LogP contribution in [0.4, 0.5) is 4.39 Å². The Balaban J connectivity index is 2.32. The third-order valence-electron chi connectivity index (χ3n) is 2.30. The van der Waals surface area contributed by atoms with E-state index in [0.29, 0.717) is 11.3 Å². The SMILES string of the molecule is O=c1[nH]cnc2c1nnn2-c1cccc(F)c1. The van der Waals surface area contributed by atoms with Crippen molar-refractivity contribution in [3.63, 3.8) is 0 Å². The molecule has 2 aromatic heterocycles. The van der Waals surface area contributed by atoms with E-state index in [1.54, 1.807) is 12.1 Å². The lowest BCUT2D eigenvalue weighted by Gasteiger charge is -2.00. The lowest BCUT2D eigenvalue weighted by atomic mass is 10.3. The molecule has 0 unspecified atom stereocenters. The van der Waals surface area contributed by atoms with E-state index in [0.717, 1.165) is 0 Å². The van der Waals surface area contributed by atoms with E-state index in [9.17, 15) is 9.18 Å². The Kier molecular flexibility index (Phi) is 1.97. The average molecular weight is 231 g/mol. The van der Waals surface area contributed by atoms with Gasteiger partial charge in [-0.2, -0.15) is 4.68 Å². The van der Waals surface area contributed by atoms with Crippen LogP contribution in [0, 0.1) is 5.82 Å². The summed E-state index contributed by atoms with van der Waals surface area (Å²) in [5.41, 5.74) is 0.499. The van der Waals surface area contributed by atoms with Gasteiger partial charge in [-0.15, -0.1) is 5.10 Å². The molecule has 0 saturated heterocycles. The highest BCUT2D eigenvalue weighted by molar-refractivity contribution is 5.69. The van der Waals surface area contributed by atoms with E-state index in [1.807, 2.05) is 0 Å². The molecular formula is C10H6FN5O. The second-order valence-corrected chi connectivity index (χ2v) is 3.38. The largest absolute Gasteiger partial charge is 0.311 e. The molecule has 7 heteroatoms. The van der Waals surface area contributed by atoms with E-state index < -0.39 is 5.82 Å². The molecule has 2 heterocycles. The number of nitrogens with one attached hydrogen (secondary N) is 1. The molecule has 3 rings (SSSR count). The normalized spacial score (nSPS) is 10.9. The monoisotopic (exact) mass is 231 g/mol. The maximum Gasteiger partial charge on any atom is 0.280 e. The van der Waals surface area contributed by atoms with Crippen molar-refractivity contribution in [2.45, 2.75) is 0 Å². The van der Waals surface area contributed by atoms with Gasteiger partial charge in [0.05, 0.1) is 12.0 Å². The standard InChI is InChI=1S/C10H6FN5O/c11-6-2-1-3-7(4-6)16-9-8(14-15-16)10(17)13-5-12-9/h1-5H,(H,12,13,17). The summed E-state index contributed by atoms with van der Waals surface area (Å²) in [6, 6.07) is 5.81. The lowest BCUT2D eigenvalue weighted by molar-refractivity contribution is 0.625. The predicted molar refractivity (Wildman–Crippen MR) is 57.2 cm³/mol. The summed E-state index contributed by atoms with van der Waals surface area (Å²) in [4.78, 5) is 17.8. The zero-order valence-corrected chi connectivity index (χ0v) is 8.46. The van der Waals surface area contributed by atoms with Crippen LogP contribution in [0.5, 0.6) is 0 Å². The third-order valence-corrected chi connectivity index (χ3v) is 2.30. The molecule has 0 aliphatic heterocycles. The summed E-state index contributed by atoms with van der Waals surface area (Å²) in [6.07, 6.45) is 1.25. The molecule has 0 radical (unpaired) electrons. The molecule has 0 bridgehead atoms. The van der Waals surface area contributed by atoms with Gasteiger partial charge in [0, 0.05) is 0 Å². The van der Waals surface area contributed by atoms with E-state index >= 15 is 0 Å². The van der Waals surface area contributed by atoms with Crippen LogP contribution in [-0.2, 0) is 0 Å². The Labute approximate surface area is 93.7 Å². The van der Waals surface area contributed by atoms with Gasteiger partial charge in [0.25, 0.3) is 5.56 Å². The number of nitrogens with zero attached hydrogens (tertiary/aromatic N) is 4. The topological polar surface area (TPSA) is 76.5 Å². The first-order chi connectivity index (χ1) is 8.25. The van der Waals surface area contributed by atoms with Gasteiger partial charge >= 0.3 is 0 Å². The minimum Gasteiger partial charge on any atom is -0.311 e. The summed E-state index contributed by atoms with van der Waals surface area (Å²) < 4.78 is 14.4. The lowest BCUT2D eigenvalue weighted by Crippen LogP contribution is -2.07. The summed E-state index contributed by atoms with van der Waals surface area (Å²) in [7, 11) is 0. The second kappa shape index (κ2) is 3.48. The number of benzene rings is 1. The number of hydrogen-bond acceptors (Lipinski definition) is 4. The zero-order chi connectivity index (χ0) is 11.8. The van der Waals surface area contributed by atoms with Gasteiger partial charge in [-0.25, -0.2) is 9.37 Å². The highest BCUT2D eigenvalue weighted by Crippen LogP contribution is 2.12. The van der Waals surface area contributed by atoms with Crippen LogP contribution in [-0.4, -0.2) is 25.0 Å². The number of fused-ring (bicyclic) bond motifs is 1. The molecule has 6 nitrogen and oxygen atoms in total. The quantitative estimate of drug-likeness (QED) is 0.666. The Hall–Kier alpha value is -2.57. The molecule has 1 N–H and O–H groups in total. The van der Waals surface area contributed by atoms with Crippen LogP contribution in [0.1, 0.15) is 0 Å². The Morgan fingerprint density at radius 1 is 1.35 bits per heavy atom. The van der Waals surface area contributed by atoms with E-state index in [1.165, 1.54) is 23.1 Å². The molecule has 1 aromatic carbocycles. The fraction of sp³-hybridized carbons (Fsp3) is 0. The van der Waals surface area contributed by atoms with Gasteiger partial charge in [-0.3, -0.25) is 4.79 Å². The van der Waals surface area contributed by atoms with Crippen molar-refractivity contribution in [1.29, 1.82) is 0 Å². The number of rotatable bonds is 1.